The molecule has 0 bridgehead atoms. The van der Waals surface area contributed by atoms with Crippen molar-refractivity contribution in [2.24, 2.45) is 5.92 Å². The highest BCUT2D eigenvalue weighted by atomic mass is 31.2. The topological polar surface area (TPSA) is 127 Å². The molecule has 9 heteroatoms. The largest absolute Gasteiger partial charge is 0.354 e. The van der Waals surface area contributed by atoms with Crippen LogP contribution in [-0.4, -0.2) is 31.6 Å². The fourth-order valence-electron chi connectivity index (χ4n) is 1.10. The Morgan fingerprint density at radius 2 is 1.56 bits per heavy atom. The minimum absolute atomic E-state index is 0.163. The van der Waals surface area contributed by atoms with Crippen molar-refractivity contribution in [3.8, 4) is 0 Å². The molecule has 0 heterocycles. The van der Waals surface area contributed by atoms with Gasteiger partial charge in [-0.3, -0.25) is 14.4 Å². The van der Waals surface area contributed by atoms with Crippen LogP contribution in [0.15, 0.2) is 0 Å². The molecular weight excluding hydrogens is 256 g/mol. The van der Waals surface area contributed by atoms with E-state index < -0.39 is 20.7 Å². The molecule has 1 atom stereocenters. The molecule has 0 aliphatic heterocycles. The molecule has 98 valence electrons. The first-order chi connectivity index (χ1) is 7.09. The third-order valence-corrected chi connectivity index (χ3v) is 5.74. The van der Waals surface area contributed by atoms with Crippen molar-refractivity contribution in [2.45, 2.75) is 32.2 Å². The average molecular weight is 275 g/mol. The summed E-state index contributed by atoms with van der Waals surface area (Å²) >= 11 is 0. The third kappa shape index (κ3) is 6.11. The summed E-state index contributed by atoms with van der Waals surface area (Å²) in [6.45, 7) is 4.08. The molecule has 0 amide bonds. The second-order valence-corrected chi connectivity index (χ2v) is 7.60. The Kier molecular flexibility index (Phi) is 6.36. The molecule has 16 heavy (non-hydrogen) atoms. The van der Waals surface area contributed by atoms with Gasteiger partial charge in [0.2, 0.25) is 5.52 Å². The van der Waals surface area contributed by atoms with Gasteiger partial charge in [0.25, 0.3) is 0 Å². The van der Waals surface area contributed by atoms with Crippen molar-refractivity contribution in [2.75, 3.05) is 6.54 Å². The molecule has 0 radical (unpaired) electrons. The van der Waals surface area contributed by atoms with Gasteiger partial charge in [0.15, 0.2) is 0 Å². The quantitative estimate of drug-likeness (QED) is 0.432. The molecule has 0 saturated carbocycles. The van der Waals surface area contributed by atoms with Crippen molar-refractivity contribution in [1.82, 2.24) is 5.32 Å². The van der Waals surface area contributed by atoms with Gasteiger partial charge in [0.05, 0.1) is 0 Å². The van der Waals surface area contributed by atoms with Crippen LogP contribution in [0.25, 0.3) is 0 Å². The van der Waals surface area contributed by atoms with Crippen molar-refractivity contribution < 1.29 is 28.7 Å². The lowest BCUT2D eigenvalue weighted by molar-refractivity contribution is 0.325. The predicted octanol–water partition coefficient (Wildman–Crippen LogP) is 0.651. The maximum absolute atomic E-state index is 10.9. The first kappa shape index (κ1) is 16.3. The SMILES string of the molecule is CCC(C)CCNC(P(=O)(O)O)P(=O)(O)O. The molecular formula is C7H19NO6P2. The summed E-state index contributed by atoms with van der Waals surface area (Å²) in [5, 5.41) is 2.24. The second kappa shape index (κ2) is 6.26. The van der Waals surface area contributed by atoms with E-state index in [1.807, 2.05) is 13.8 Å². The highest BCUT2D eigenvalue weighted by molar-refractivity contribution is 7.70. The fourth-order valence-corrected chi connectivity index (χ4v) is 3.40. The first-order valence-corrected chi connectivity index (χ1v) is 8.29. The van der Waals surface area contributed by atoms with E-state index in [1.54, 1.807) is 0 Å². The van der Waals surface area contributed by atoms with Gasteiger partial charge in [-0.25, -0.2) is 0 Å². The van der Waals surface area contributed by atoms with Crippen LogP contribution in [0.5, 0.6) is 0 Å². The van der Waals surface area contributed by atoms with Crippen LogP contribution in [0, 0.1) is 5.92 Å². The molecule has 0 aliphatic rings. The molecule has 0 aromatic carbocycles. The van der Waals surface area contributed by atoms with Gasteiger partial charge < -0.3 is 19.6 Å². The number of rotatable bonds is 7. The zero-order valence-electron chi connectivity index (χ0n) is 9.28. The van der Waals surface area contributed by atoms with Crippen molar-refractivity contribution in [3.63, 3.8) is 0 Å². The Balaban J connectivity index is 4.38. The smallest absolute Gasteiger partial charge is 0.323 e. The van der Waals surface area contributed by atoms with Gasteiger partial charge in [0, 0.05) is 0 Å². The van der Waals surface area contributed by atoms with Gasteiger partial charge in [0.1, 0.15) is 0 Å². The van der Waals surface area contributed by atoms with Gasteiger partial charge in [-0.1, -0.05) is 20.3 Å². The van der Waals surface area contributed by atoms with E-state index in [0.717, 1.165) is 6.42 Å². The maximum Gasteiger partial charge on any atom is 0.354 e. The van der Waals surface area contributed by atoms with Gasteiger partial charge >= 0.3 is 15.2 Å². The zero-order chi connectivity index (χ0) is 13.0. The van der Waals surface area contributed by atoms with E-state index in [0.29, 0.717) is 12.3 Å². The molecule has 0 saturated heterocycles. The van der Waals surface area contributed by atoms with Crippen molar-refractivity contribution in [3.05, 3.63) is 0 Å². The lowest BCUT2D eigenvalue weighted by Crippen LogP contribution is -2.30. The molecule has 5 N–H and O–H groups in total. The number of hydrogen-bond acceptors (Lipinski definition) is 3. The highest BCUT2D eigenvalue weighted by Gasteiger charge is 2.42. The third-order valence-electron chi connectivity index (χ3n) is 2.30. The predicted molar refractivity (Wildman–Crippen MR) is 60.0 cm³/mol. The summed E-state index contributed by atoms with van der Waals surface area (Å²) in [4.78, 5) is 35.2. The Labute approximate surface area is 94.6 Å². The van der Waals surface area contributed by atoms with E-state index in [-0.39, 0.29) is 6.54 Å². The zero-order valence-corrected chi connectivity index (χ0v) is 11.1. The van der Waals surface area contributed by atoms with Crippen LogP contribution in [0.2, 0.25) is 0 Å². The van der Waals surface area contributed by atoms with E-state index in [4.69, 9.17) is 19.6 Å². The normalized spacial score (nSPS) is 15.4. The van der Waals surface area contributed by atoms with Crippen molar-refractivity contribution in [1.29, 1.82) is 0 Å². The van der Waals surface area contributed by atoms with Crippen LogP contribution >= 0.6 is 15.2 Å². The summed E-state index contributed by atoms with van der Waals surface area (Å²) in [5.74, 6) is 0.335. The highest BCUT2D eigenvalue weighted by Crippen LogP contribution is 2.58. The summed E-state index contributed by atoms with van der Waals surface area (Å²) in [6, 6.07) is 0. The number of nitrogens with one attached hydrogen (secondary N) is 1. The maximum atomic E-state index is 10.9. The van der Waals surface area contributed by atoms with Gasteiger partial charge in [-0.2, -0.15) is 0 Å². The molecule has 0 spiro atoms. The minimum atomic E-state index is -4.84. The van der Waals surface area contributed by atoms with Crippen LogP contribution in [-0.2, 0) is 9.13 Å². The standard InChI is InChI=1S/C7H19NO6P2/c1-3-6(2)4-5-8-7(15(9,10)11)16(12,13)14/h6-8H,3-5H2,1-2H3,(H2,9,10,11)(H2,12,13,14). The molecule has 0 aromatic heterocycles. The average Bonchev–Trinajstić information content (AvgIpc) is 2.07. The van der Waals surface area contributed by atoms with Gasteiger partial charge in [-0.05, 0) is 18.9 Å². The lowest BCUT2D eigenvalue weighted by atomic mass is 10.1. The Hall–Kier alpha value is 0.260. The number of hydrogen-bond donors (Lipinski definition) is 5. The monoisotopic (exact) mass is 275 g/mol. The van der Waals surface area contributed by atoms with Crippen molar-refractivity contribution >= 4 is 15.2 Å². The van der Waals surface area contributed by atoms with Crippen LogP contribution in [0.1, 0.15) is 26.7 Å². The van der Waals surface area contributed by atoms with E-state index in [1.165, 1.54) is 0 Å². The summed E-state index contributed by atoms with van der Waals surface area (Å²) in [6.07, 6.45) is 1.51. The van der Waals surface area contributed by atoms with Crippen LogP contribution in [0.4, 0.5) is 0 Å². The first-order valence-electron chi connectivity index (χ1n) is 4.92. The molecule has 0 aromatic rings. The van der Waals surface area contributed by atoms with Crippen LogP contribution < -0.4 is 5.32 Å². The Morgan fingerprint density at radius 3 is 1.88 bits per heavy atom. The molecule has 1 unspecified atom stereocenters. The van der Waals surface area contributed by atoms with E-state index in [9.17, 15) is 9.13 Å². The van der Waals surface area contributed by atoms with E-state index in [2.05, 4.69) is 5.32 Å². The Morgan fingerprint density at radius 1 is 1.12 bits per heavy atom. The van der Waals surface area contributed by atoms with Crippen LogP contribution in [0.3, 0.4) is 0 Å². The van der Waals surface area contributed by atoms with E-state index >= 15 is 0 Å². The summed E-state index contributed by atoms with van der Waals surface area (Å²) in [7, 11) is -9.68. The molecule has 0 aliphatic carbocycles. The summed E-state index contributed by atoms with van der Waals surface area (Å²) < 4.78 is 21.7. The molecule has 0 rings (SSSR count). The minimum Gasteiger partial charge on any atom is -0.323 e. The lowest BCUT2D eigenvalue weighted by Gasteiger charge is -2.21. The Bertz CT molecular complexity index is 275. The molecule has 0 fully saturated rings. The molecule has 7 nitrogen and oxygen atoms in total. The summed E-state index contributed by atoms with van der Waals surface area (Å²) in [5.41, 5.74) is -2.09. The second-order valence-electron chi connectivity index (χ2n) is 3.81. The van der Waals surface area contributed by atoms with Gasteiger partial charge in [-0.15, -0.1) is 0 Å². The fraction of sp³-hybridized carbons (Fsp3) is 1.00.